The van der Waals surface area contributed by atoms with Crippen LogP contribution in [0.5, 0.6) is 0 Å². The lowest BCUT2D eigenvalue weighted by Gasteiger charge is -2.31. The summed E-state index contributed by atoms with van der Waals surface area (Å²) in [5.41, 5.74) is 0.725. The van der Waals surface area contributed by atoms with Crippen LogP contribution in [0.25, 0.3) is 0 Å². The van der Waals surface area contributed by atoms with E-state index in [1.165, 1.54) is 5.01 Å². The molecule has 0 saturated carbocycles. The fraction of sp³-hybridized carbons (Fsp3) is 0.357. The van der Waals surface area contributed by atoms with E-state index in [-0.39, 0.29) is 5.91 Å². The molecule has 98 valence electrons. The minimum absolute atomic E-state index is 0.111. The van der Waals surface area contributed by atoms with Crippen LogP contribution in [0.4, 0.5) is 0 Å². The summed E-state index contributed by atoms with van der Waals surface area (Å²) < 4.78 is 0. The molecule has 1 aliphatic heterocycles. The average molecular weight is 273 g/mol. The molecule has 2 aromatic heterocycles. The number of aromatic nitrogens is 2. The summed E-state index contributed by atoms with van der Waals surface area (Å²) in [5, 5.41) is 3.22. The van der Waals surface area contributed by atoms with E-state index in [0.717, 1.165) is 31.5 Å². The average Bonchev–Trinajstić information content (AvgIpc) is 3.02. The van der Waals surface area contributed by atoms with E-state index in [1.807, 2.05) is 16.5 Å². The standard InChI is InChI=1S/C14H15N3OS/c18-14(12-1-5-15-6-2-12)17-8-3-11(4-9-17)13-16-7-10-19-13/h1-2,5-7,10-11H,3-4,8-9H2. The van der Waals surface area contributed by atoms with Gasteiger partial charge in [0.25, 0.3) is 5.91 Å². The number of amides is 1. The normalized spacial score (nSPS) is 16.5. The molecule has 3 heterocycles. The number of carbonyl (C=O) groups is 1. The van der Waals surface area contributed by atoms with Crippen molar-refractivity contribution in [2.24, 2.45) is 0 Å². The summed E-state index contributed by atoms with van der Waals surface area (Å²) in [7, 11) is 0. The number of carbonyl (C=O) groups excluding carboxylic acids is 1. The van der Waals surface area contributed by atoms with E-state index in [2.05, 4.69) is 9.97 Å². The van der Waals surface area contributed by atoms with Crippen LogP contribution < -0.4 is 0 Å². The molecule has 0 aromatic carbocycles. The van der Waals surface area contributed by atoms with E-state index in [4.69, 9.17) is 0 Å². The van der Waals surface area contributed by atoms with Crippen molar-refractivity contribution in [3.63, 3.8) is 0 Å². The second-order valence-electron chi connectivity index (χ2n) is 4.67. The number of hydrogen-bond acceptors (Lipinski definition) is 4. The molecule has 4 nitrogen and oxygen atoms in total. The van der Waals surface area contributed by atoms with Crippen LogP contribution in [0.2, 0.25) is 0 Å². The summed E-state index contributed by atoms with van der Waals surface area (Å²) in [6.45, 7) is 1.62. The number of likely N-dealkylation sites (tertiary alicyclic amines) is 1. The predicted octanol–water partition coefficient (Wildman–Crippen LogP) is 2.56. The monoisotopic (exact) mass is 273 g/mol. The maximum absolute atomic E-state index is 12.3. The Balaban J connectivity index is 1.63. The highest BCUT2D eigenvalue weighted by Gasteiger charge is 2.25. The molecule has 0 unspecified atom stereocenters. The van der Waals surface area contributed by atoms with Gasteiger partial charge in [0.1, 0.15) is 0 Å². The largest absolute Gasteiger partial charge is 0.339 e. The Morgan fingerprint density at radius 1 is 1.21 bits per heavy atom. The molecule has 3 rings (SSSR count). The van der Waals surface area contributed by atoms with Gasteiger partial charge >= 0.3 is 0 Å². The van der Waals surface area contributed by atoms with Crippen molar-refractivity contribution >= 4 is 17.2 Å². The lowest BCUT2D eigenvalue weighted by atomic mass is 9.97. The lowest BCUT2D eigenvalue weighted by molar-refractivity contribution is 0.0713. The molecule has 5 heteroatoms. The molecule has 1 amide bonds. The fourth-order valence-corrected chi connectivity index (χ4v) is 3.25. The van der Waals surface area contributed by atoms with Crippen LogP contribution in [0.3, 0.4) is 0 Å². The zero-order valence-electron chi connectivity index (χ0n) is 10.5. The zero-order valence-corrected chi connectivity index (χ0v) is 11.3. The van der Waals surface area contributed by atoms with Gasteiger partial charge in [0.2, 0.25) is 0 Å². The third-order valence-electron chi connectivity index (χ3n) is 3.51. The van der Waals surface area contributed by atoms with E-state index in [9.17, 15) is 4.79 Å². The molecular weight excluding hydrogens is 258 g/mol. The Hall–Kier alpha value is -1.75. The topological polar surface area (TPSA) is 46.1 Å². The smallest absolute Gasteiger partial charge is 0.253 e. The molecule has 19 heavy (non-hydrogen) atoms. The molecular formula is C14H15N3OS. The van der Waals surface area contributed by atoms with E-state index in [0.29, 0.717) is 5.92 Å². The number of pyridine rings is 1. The second-order valence-corrected chi connectivity index (χ2v) is 5.60. The van der Waals surface area contributed by atoms with Gasteiger partial charge in [-0.15, -0.1) is 11.3 Å². The van der Waals surface area contributed by atoms with Crippen molar-refractivity contribution in [1.82, 2.24) is 14.9 Å². The van der Waals surface area contributed by atoms with Gasteiger partial charge in [-0.1, -0.05) is 0 Å². The molecule has 2 aromatic rings. The SMILES string of the molecule is O=C(c1ccncc1)N1CCC(c2nccs2)CC1. The number of rotatable bonds is 2. The maximum Gasteiger partial charge on any atom is 0.253 e. The van der Waals surface area contributed by atoms with Crippen molar-refractivity contribution in [2.75, 3.05) is 13.1 Å². The van der Waals surface area contributed by atoms with Gasteiger partial charge in [-0.25, -0.2) is 4.98 Å². The Kier molecular flexibility index (Phi) is 3.55. The highest BCUT2D eigenvalue weighted by molar-refractivity contribution is 7.09. The van der Waals surface area contributed by atoms with Gasteiger partial charge < -0.3 is 4.90 Å². The van der Waals surface area contributed by atoms with Gasteiger partial charge in [0.05, 0.1) is 5.01 Å². The molecule has 0 aliphatic carbocycles. The fourth-order valence-electron chi connectivity index (χ4n) is 2.44. The number of nitrogens with zero attached hydrogens (tertiary/aromatic N) is 3. The van der Waals surface area contributed by atoms with Crippen molar-refractivity contribution < 1.29 is 4.79 Å². The van der Waals surface area contributed by atoms with Crippen molar-refractivity contribution in [2.45, 2.75) is 18.8 Å². The minimum atomic E-state index is 0.111. The molecule has 0 spiro atoms. The van der Waals surface area contributed by atoms with Crippen LogP contribution in [-0.2, 0) is 0 Å². The third kappa shape index (κ3) is 2.66. The first-order valence-electron chi connectivity index (χ1n) is 6.43. The molecule has 1 aliphatic rings. The Labute approximate surface area is 116 Å². The van der Waals surface area contributed by atoms with E-state index in [1.54, 1.807) is 35.9 Å². The number of piperidine rings is 1. The zero-order chi connectivity index (χ0) is 13.1. The quantitative estimate of drug-likeness (QED) is 0.844. The van der Waals surface area contributed by atoms with Crippen LogP contribution in [0.15, 0.2) is 36.1 Å². The van der Waals surface area contributed by atoms with Crippen LogP contribution in [0, 0.1) is 0 Å². The predicted molar refractivity (Wildman–Crippen MR) is 74.2 cm³/mol. The summed E-state index contributed by atoms with van der Waals surface area (Å²) >= 11 is 1.71. The van der Waals surface area contributed by atoms with Crippen LogP contribution >= 0.6 is 11.3 Å². The first-order valence-corrected chi connectivity index (χ1v) is 7.31. The Morgan fingerprint density at radius 3 is 2.58 bits per heavy atom. The van der Waals surface area contributed by atoms with Crippen LogP contribution in [-0.4, -0.2) is 33.9 Å². The number of hydrogen-bond donors (Lipinski definition) is 0. The van der Waals surface area contributed by atoms with Crippen LogP contribution in [0.1, 0.15) is 34.1 Å². The van der Waals surface area contributed by atoms with E-state index < -0.39 is 0 Å². The van der Waals surface area contributed by atoms with Gasteiger partial charge in [-0.05, 0) is 25.0 Å². The van der Waals surface area contributed by atoms with Crippen molar-refractivity contribution in [1.29, 1.82) is 0 Å². The molecule has 0 atom stereocenters. The third-order valence-corrected chi connectivity index (χ3v) is 4.45. The number of thiazole rings is 1. The van der Waals surface area contributed by atoms with Gasteiger partial charge in [-0.2, -0.15) is 0 Å². The first kappa shape index (κ1) is 12.3. The molecule has 1 fully saturated rings. The Bertz CT molecular complexity index is 533. The van der Waals surface area contributed by atoms with Gasteiger partial charge in [0, 0.05) is 48.5 Å². The highest BCUT2D eigenvalue weighted by Crippen LogP contribution is 2.29. The molecule has 0 radical (unpaired) electrons. The molecule has 0 N–H and O–H groups in total. The first-order chi connectivity index (χ1) is 9.34. The summed E-state index contributed by atoms with van der Waals surface area (Å²) in [6.07, 6.45) is 7.19. The second kappa shape index (κ2) is 5.48. The van der Waals surface area contributed by atoms with Crippen molar-refractivity contribution in [3.8, 4) is 0 Å². The summed E-state index contributed by atoms with van der Waals surface area (Å²) in [6, 6.07) is 3.55. The minimum Gasteiger partial charge on any atom is -0.339 e. The lowest BCUT2D eigenvalue weighted by Crippen LogP contribution is -2.37. The molecule has 1 saturated heterocycles. The van der Waals surface area contributed by atoms with Crippen molar-refractivity contribution in [3.05, 3.63) is 46.7 Å². The maximum atomic E-state index is 12.3. The summed E-state index contributed by atoms with van der Waals surface area (Å²) in [4.78, 5) is 22.5. The molecule has 0 bridgehead atoms. The van der Waals surface area contributed by atoms with Gasteiger partial charge in [-0.3, -0.25) is 9.78 Å². The van der Waals surface area contributed by atoms with E-state index >= 15 is 0 Å². The highest BCUT2D eigenvalue weighted by atomic mass is 32.1. The Morgan fingerprint density at radius 2 is 1.95 bits per heavy atom. The summed E-state index contributed by atoms with van der Waals surface area (Å²) in [5.74, 6) is 0.626. The van der Waals surface area contributed by atoms with Gasteiger partial charge in [0.15, 0.2) is 0 Å².